The quantitative estimate of drug-likeness (QED) is 0.404. The van der Waals surface area contributed by atoms with E-state index >= 15 is 4.39 Å². The summed E-state index contributed by atoms with van der Waals surface area (Å²) in [7, 11) is 4.07. The second kappa shape index (κ2) is 8.12. The first-order valence-electron chi connectivity index (χ1n) is 11.7. The highest BCUT2D eigenvalue weighted by Crippen LogP contribution is 2.49. The van der Waals surface area contributed by atoms with Crippen molar-refractivity contribution in [3.8, 4) is 0 Å². The summed E-state index contributed by atoms with van der Waals surface area (Å²) in [4.78, 5) is 11.5. The normalized spacial score (nSPS) is 15.9. The summed E-state index contributed by atoms with van der Waals surface area (Å²) in [6.07, 6.45) is 4.05. The molecule has 1 aliphatic carbocycles. The summed E-state index contributed by atoms with van der Waals surface area (Å²) in [5, 5.41) is 4.41. The van der Waals surface area contributed by atoms with Crippen LogP contribution in [0, 0.1) is 12.7 Å². The monoisotopic (exact) mass is 446 g/mol. The topological polar surface area (TPSA) is 41.1 Å². The van der Waals surface area contributed by atoms with E-state index in [1.807, 2.05) is 52.2 Å². The lowest BCUT2D eigenvalue weighted by molar-refractivity contribution is 0.564. The van der Waals surface area contributed by atoms with Gasteiger partial charge in [0.2, 0.25) is 0 Å². The van der Waals surface area contributed by atoms with Gasteiger partial charge in [-0.05, 0) is 55.4 Å². The predicted octanol–water partition coefficient (Wildman–Crippen LogP) is 6.83. The third-order valence-corrected chi connectivity index (χ3v) is 7.11. The van der Waals surface area contributed by atoms with Crippen LogP contribution in [0.25, 0.3) is 10.9 Å². The Morgan fingerprint density at radius 1 is 1.21 bits per heavy atom. The number of aromatic nitrogens is 2. The third kappa shape index (κ3) is 4.21. The zero-order valence-corrected chi connectivity index (χ0v) is 20.9. The van der Waals surface area contributed by atoms with Crippen LogP contribution < -0.4 is 10.2 Å². The molecular weight excluding hydrogens is 411 g/mol. The number of rotatable bonds is 7. The summed E-state index contributed by atoms with van der Waals surface area (Å²) in [5.41, 5.74) is 4.37. The van der Waals surface area contributed by atoms with Gasteiger partial charge in [0.05, 0.1) is 11.6 Å². The zero-order chi connectivity index (χ0) is 24.1. The highest BCUT2D eigenvalue weighted by Gasteiger charge is 2.41. The lowest BCUT2D eigenvalue weighted by Crippen LogP contribution is -2.20. The van der Waals surface area contributed by atoms with Crippen molar-refractivity contribution in [3.05, 3.63) is 71.3 Å². The van der Waals surface area contributed by atoms with Gasteiger partial charge in [-0.25, -0.2) is 14.4 Å². The molecule has 4 nitrogen and oxygen atoms in total. The van der Waals surface area contributed by atoms with Gasteiger partial charge in [-0.1, -0.05) is 45.0 Å². The molecule has 0 amide bonds. The molecule has 0 bridgehead atoms. The molecule has 1 atom stereocenters. The second-order valence-electron chi connectivity index (χ2n) is 10.5. The van der Waals surface area contributed by atoms with Crippen molar-refractivity contribution in [2.24, 2.45) is 0 Å². The highest BCUT2D eigenvalue weighted by atomic mass is 19.1. The van der Waals surface area contributed by atoms with Crippen LogP contribution in [-0.4, -0.2) is 24.1 Å². The molecule has 1 unspecified atom stereocenters. The molecule has 1 saturated carbocycles. The third-order valence-electron chi connectivity index (χ3n) is 7.11. The molecule has 174 valence electrons. The fraction of sp³-hybridized carbons (Fsp3) is 0.429. The Morgan fingerprint density at radius 3 is 2.52 bits per heavy atom. The number of nitrogens with one attached hydrogen (secondary N) is 1. The predicted molar refractivity (Wildman–Crippen MR) is 137 cm³/mol. The molecule has 1 N–H and O–H groups in total. The van der Waals surface area contributed by atoms with Gasteiger partial charge in [-0.2, -0.15) is 0 Å². The summed E-state index contributed by atoms with van der Waals surface area (Å²) in [6, 6.07) is 9.78. The van der Waals surface area contributed by atoms with Crippen LogP contribution >= 0.6 is 0 Å². The van der Waals surface area contributed by atoms with Crippen LogP contribution in [0.4, 0.5) is 15.9 Å². The Hall–Kier alpha value is -2.95. The molecule has 1 aliphatic rings. The van der Waals surface area contributed by atoms with Crippen LogP contribution in [0.3, 0.4) is 0 Å². The minimum Gasteiger partial charge on any atom is -0.377 e. The molecule has 5 heteroatoms. The molecule has 2 aromatic carbocycles. The standard InChI is InChI=1S/C28H35FN4/c1-9-27(4,5)22-16-23-20(15-24(22)33(7)8)26(32-18(3)31-23)30-17(2)19-11-10-12-21(25(19)29)28(6)13-14-28/h9-12,15-17H,1,13-14H2,2-8H3,(H,30,31,32). The average Bonchev–Trinajstić information content (AvgIpc) is 3.50. The van der Waals surface area contributed by atoms with Crippen LogP contribution in [0.1, 0.15) is 69.1 Å². The molecular formula is C28H35FN4. The number of aryl methyl sites for hydroxylation is 1. The fourth-order valence-electron chi connectivity index (χ4n) is 4.48. The summed E-state index contributed by atoms with van der Waals surface area (Å²) in [6.45, 7) is 14.4. The van der Waals surface area contributed by atoms with Crippen LogP contribution in [0.15, 0.2) is 43.0 Å². The van der Waals surface area contributed by atoms with Gasteiger partial charge in [0, 0.05) is 36.1 Å². The van der Waals surface area contributed by atoms with E-state index in [0.29, 0.717) is 11.4 Å². The maximum absolute atomic E-state index is 15.5. The summed E-state index contributed by atoms with van der Waals surface area (Å²) < 4.78 is 15.5. The zero-order valence-electron chi connectivity index (χ0n) is 20.9. The van der Waals surface area contributed by atoms with Gasteiger partial charge in [0.1, 0.15) is 17.5 Å². The lowest BCUT2D eigenvalue weighted by Gasteiger charge is -2.28. The van der Waals surface area contributed by atoms with Crippen molar-refractivity contribution < 1.29 is 4.39 Å². The smallest absolute Gasteiger partial charge is 0.138 e. The molecule has 0 radical (unpaired) electrons. The van der Waals surface area contributed by atoms with E-state index in [2.05, 4.69) is 49.7 Å². The molecule has 0 saturated heterocycles. The van der Waals surface area contributed by atoms with E-state index in [9.17, 15) is 0 Å². The summed E-state index contributed by atoms with van der Waals surface area (Å²) in [5.74, 6) is 1.30. The van der Waals surface area contributed by atoms with Crippen molar-refractivity contribution >= 4 is 22.4 Å². The number of fused-ring (bicyclic) bond motifs is 1. The largest absolute Gasteiger partial charge is 0.377 e. The molecule has 33 heavy (non-hydrogen) atoms. The molecule has 4 rings (SSSR count). The molecule has 3 aromatic rings. The van der Waals surface area contributed by atoms with Gasteiger partial charge in [-0.15, -0.1) is 6.58 Å². The Morgan fingerprint density at radius 2 is 1.91 bits per heavy atom. The van der Waals surface area contributed by atoms with Gasteiger partial charge in [0.25, 0.3) is 0 Å². The molecule has 0 spiro atoms. The number of nitrogens with zero attached hydrogens (tertiary/aromatic N) is 3. The molecule has 1 fully saturated rings. The second-order valence-corrected chi connectivity index (χ2v) is 10.5. The summed E-state index contributed by atoms with van der Waals surface area (Å²) >= 11 is 0. The average molecular weight is 447 g/mol. The Balaban J connectivity index is 1.80. The van der Waals surface area contributed by atoms with Gasteiger partial charge >= 0.3 is 0 Å². The number of benzene rings is 2. The van der Waals surface area contributed by atoms with E-state index in [1.54, 1.807) is 0 Å². The molecule has 1 heterocycles. The molecule has 0 aliphatic heterocycles. The van der Waals surface area contributed by atoms with E-state index in [-0.39, 0.29) is 22.7 Å². The van der Waals surface area contributed by atoms with Crippen LogP contribution in [0.2, 0.25) is 0 Å². The maximum Gasteiger partial charge on any atom is 0.138 e. The highest BCUT2D eigenvalue weighted by molar-refractivity contribution is 5.93. The van der Waals surface area contributed by atoms with Crippen molar-refractivity contribution in [3.63, 3.8) is 0 Å². The maximum atomic E-state index is 15.5. The van der Waals surface area contributed by atoms with Crippen molar-refractivity contribution in [2.75, 3.05) is 24.3 Å². The Labute approximate surface area is 196 Å². The molecule has 1 aromatic heterocycles. The van der Waals surface area contributed by atoms with Gasteiger partial charge in [0.15, 0.2) is 0 Å². The van der Waals surface area contributed by atoms with Crippen molar-refractivity contribution in [1.82, 2.24) is 9.97 Å². The van der Waals surface area contributed by atoms with Gasteiger partial charge < -0.3 is 10.2 Å². The van der Waals surface area contributed by atoms with Crippen LogP contribution in [-0.2, 0) is 10.8 Å². The van der Waals surface area contributed by atoms with Crippen LogP contribution in [0.5, 0.6) is 0 Å². The van der Waals surface area contributed by atoms with Crippen molar-refractivity contribution in [2.45, 2.75) is 64.3 Å². The Kier molecular flexibility index (Phi) is 5.71. The first-order valence-corrected chi connectivity index (χ1v) is 11.7. The minimum absolute atomic E-state index is 0.0208. The Bertz CT molecular complexity index is 1220. The SMILES string of the molecule is C=CC(C)(C)c1cc2nc(C)nc(NC(C)c3cccc(C4(C)CC4)c3F)c2cc1N(C)C. The number of hydrogen-bond acceptors (Lipinski definition) is 4. The van der Waals surface area contributed by atoms with E-state index in [4.69, 9.17) is 9.97 Å². The van der Waals surface area contributed by atoms with Crippen molar-refractivity contribution in [1.29, 1.82) is 0 Å². The number of allylic oxidation sites excluding steroid dienone is 1. The lowest BCUT2D eigenvalue weighted by atomic mass is 9.83. The first kappa shape index (κ1) is 23.2. The fourth-order valence-corrected chi connectivity index (χ4v) is 4.48. The number of anilines is 2. The minimum atomic E-state index is -0.239. The first-order chi connectivity index (χ1) is 15.5. The van der Waals surface area contributed by atoms with E-state index in [1.165, 1.54) is 0 Å². The van der Waals surface area contributed by atoms with E-state index < -0.39 is 0 Å². The van der Waals surface area contributed by atoms with Gasteiger partial charge in [-0.3, -0.25) is 0 Å². The number of hydrogen-bond donors (Lipinski definition) is 1. The number of halogens is 1. The van der Waals surface area contributed by atoms with E-state index in [0.717, 1.165) is 46.4 Å².